The molecule has 5 rings (SSSR count). The van der Waals surface area contributed by atoms with Crippen molar-refractivity contribution in [3.8, 4) is 22.6 Å². The molecular formula is C29H27FN6O3. The maximum absolute atomic E-state index is 13.7. The van der Waals surface area contributed by atoms with Crippen LogP contribution in [0.4, 0.5) is 10.2 Å². The zero-order valence-corrected chi connectivity index (χ0v) is 21.5. The standard InChI is InChI=1S/C29H27FN6O3/c1-18-13-22(20-5-7-21(8-6-20)28(38)36-16-29(2,30)17-36)9-10-23(18)27-35-34-26(39-27)15-33-25(37)12-4-19-3-11-24(31)32-14-19/h3-14H,15-17H2,1-2H3,(H2,31,32)(H,33,37)/b12-4+. The molecule has 0 spiro atoms. The van der Waals surface area contributed by atoms with Crippen molar-refractivity contribution in [2.24, 2.45) is 0 Å². The summed E-state index contributed by atoms with van der Waals surface area (Å²) in [6.07, 6.45) is 4.59. The zero-order chi connectivity index (χ0) is 27.6. The summed E-state index contributed by atoms with van der Waals surface area (Å²) in [5.74, 6) is 0.557. The first-order valence-electron chi connectivity index (χ1n) is 12.4. The molecule has 0 bridgehead atoms. The van der Waals surface area contributed by atoms with Gasteiger partial charge in [0.15, 0.2) is 0 Å². The van der Waals surface area contributed by atoms with Gasteiger partial charge in [-0.05, 0) is 72.5 Å². The molecule has 3 N–H and O–H groups in total. The van der Waals surface area contributed by atoms with Gasteiger partial charge < -0.3 is 20.4 Å². The van der Waals surface area contributed by atoms with Crippen LogP contribution in [0, 0.1) is 6.92 Å². The van der Waals surface area contributed by atoms with Crippen LogP contribution < -0.4 is 11.1 Å². The van der Waals surface area contributed by atoms with Gasteiger partial charge >= 0.3 is 0 Å². The second kappa shape index (κ2) is 10.5. The fourth-order valence-corrected chi connectivity index (χ4v) is 4.31. The number of hydrogen-bond donors (Lipinski definition) is 2. The second-order valence-corrected chi connectivity index (χ2v) is 9.75. The number of aromatic nitrogens is 3. The summed E-state index contributed by atoms with van der Waals surface area (Å²) in [5.41, 5.74) is 9.15. The topological polar surface area (TPSA) is 127 Å². The molecule has 2 aromatic carbocycles. The summed E-state index contributed by atoms with van der Waals surface area (Å²) >= 11 is 0. The lowest BCUT2D eigenvalue weighted by Crippen LogP contribution is -2.59. The minimum Gasteiger partial charge on any atom is -0.419 e. The largest absolute Gasteiger partial charge is 0.419 e. The summed E-state index contributed by atoms with van der Waals surface area (Å²) in [6.45, 7) is 3.77. The van der Waals surface area contributed by atoms with Crippen LogP contribution in [0.15, 0.2) is 71.3 Å². The van der Waals surface area contributed by atoms with Gasteiger partial charge in [0.1, 0.15) is 11.5 Å². The highest BCUT2D eigenvalue weighted by molar-refractivity contribution is 5.95. The van der Waals surface area contributed by atoms with Crippen LogP contribution >= 0.6 is 0 Å². The molecule has 0 unspecified atom stereocenters. The van der Waals surface area contributed by atoms with Crippen LogP contribution in [0.3, 0.4) is 0 Å². The van der Waals surface area contributed by atoms with Gasteiger partial charge in [-0.25, -0.2) is 9.37 Å². The van der Waals surface area contributed by atoms with Crippen LogP contribution in [-0.4, -0.2) is 50.7 Å². The highest BCUT2D eigenvalue weighted by Crippen LogP contribution is 2.29. The van der Waals surface area contributed by atoms with E-state index >= 15 is 0 Å². The number of nitrogens with two attached hydrogens (primary N) is 1. The molecule has 0 radical (unpaired) electrons. The van der Waals surface area contributed by atoms with Gasteiger partial charge in [-0.1, -0.05) is 24.3 Å². The number of carbonyl (C=O) groups is 2. The summed E-state index contributed by atoms with van der Waals surface area (Å²) in [5, 5.41) is 10.9. The Hall–Kier alpha value is -4.86. The Balaban J connectivity index is 1.19. The lowest BCUT2D eigenvalue weighted by Gasteiger charge is -2.42. The smallest absolute Gasteiger partial charge is 0.254 e. The average Bonchev–Trinajstić information content (AvgIpc) is 3.38. The first-order chi connectivity index (χ1) is 18.7. The number of nitrogens with one attached hydrogen (secondary N) is 1. The molecule has 0 saturated carbocycles. The fraction of sp³-hybridized carbons (Fsp3) is 0.207. The van der Waals surface area contributed by atoms with E-state index < -0.39 is 5.67 Å². The number of benzene rings is 2. The van der Waals surface area contributed by atoms with Crippen LogP contribution in [0.5, 0.6) is 0 Å². The van der Waals surface area contributed by atoms with Gasteiger partial charge in [-0.2, -0.15) is 0 Å². The molecule has 1 saturated heterocycles. The molecule has 1 aliphatic heterocycles. The Morgan fingerprint density at radius 3 is 2.51 bits per heavy atom. The number of likely N-dealkylation sites (tertiary alicyclic amines) is 1. The quantitative estimate of drug-likeness (QED) is 0.346. The molecule has 9 nitrogen and oxygen atoms in total. The Labute approximate surface area is 224 Å². The number of alkyl halides is 1. The third kappa shape index (κ3) is 6.01. The van der Waals surface area contributed by atoms with Crippen LogP contribution in [-0.2, 0) is 11.3 Å². The molecular weight excluding hydrogens is 499 g/mol. The number of nitrogens with zero attached hydrogens (tertiary/aromatic N) is 4. The van der Waals surface area contributed by atoms with Crippen LogP contribution in [0.2, 0.25) is 0 Å². The van der Waals surface area contributed by atoms with Crippen molar-refractivity contribution in [2.45, 2.75) is 26.1 Å². The number of anilines is 1. The molecule has 198 valence electrons. The number of nitrogen functional groups attached to an aromatic ring is 1. The lowest BCUT2D eigenvalue weighted by atomic mass is 9.96. The van der Waals surface area contributed by atoms with Crippen molar-refractivity contribution in [1.82, 2.24) is 25.4 Å². The molecule has 0 atom stereocenters. The van der Waals surface area contributed by atoms with Crippen LogP contribution in [0.1, 0.15) is 34.3 Å². The van der Waals surface area contributed by atoms with Gasteiger partial charge in [0.25, 0.3) is 5.91 Å². The Morgan fingerprint density at radius 1 is 1.10 bits per heavy atom. The van der Waals surface area contributed by atoms with Gasteiger partial charge in [-0.3, -0.25) is 9.59 Å². The number of rotatable bonds is 7. The van der Waals surface area contributed by atoms with E-state index in [2.05, 4.69) is 20.5 Å². The van der Waals surface area contributed by atoms with Crippen molar-refractivity contribution >= 4 is 23.7 Å². The van der Waals surface area contributed by atoms with Crippen molar-refractivity contribution in [1.29, 1.82) is 0 Å². The molecule has 0 aliphatic carbocycles. The fourth-order valence-electron chi connectivity index (χ4n) is 4.31. The normalized spacial score (nSPS) is 14.3. The van der Waals surface area contributed by atoms with E-state index in [0.717, 1.165) is 27.8 Å². The van der Waals surface area contributed by atoms with Gasteiger partial charge in [-0.15, -0.1) is 10.2 Å². The first-order valence-corrected chi connectivity index (χ1v) is 12.4. The summed E-state index contributed by atoms with van der Waals surface area (Å²) in [7, 11) is 0. The zero-order valence-electron chi connectivity index (χ0n) is 21.5. The Morgan fingerprint density at radius 2 is 1.85 bits per heavy atom. The number of halogens is 1. The van der Waals surface area contributed by atoms with Gasteiger partial charge in [0.05, 0.1) is 19.6 Å². The maximum Gasteiger partial charge on any atom is 0.254 e. The van der Waals surface area contributed by atoms with E-state index in [1.54, 1.807) is 36.5 Å². The number of amides is 2. The van der Waals surface area contributed by atoms with Crippen LogP contribution in [0.25, 0.3) is 28.7 Å². The lowest BCUT2D eigenvalue weighted by molar-refractivity contribution is -0.116. The molecule has 10 heteroatoms. The van der Waals surface area contributed by atoms with Crippen molar-refractivity contribution < 1.29 is 18.4 Å². The summed E-state index contributed by atoms with van der Waals surface area (Å²) in [4.78, 5) is 30.1. The van der Waals surface area contributed by atoms with Gasteiger partial charge in [0, 0.05) is 23.4 Å². The van der Waals surface area contributed by atoms with Crippen molar-refractivity contribution in [2.75, 3.05) is 18.8 Å². The minimum atomic E-state index is -1.30. The third-order valence-corrected chi connectivity index (χ3v) is 6.37. The molecule has 2 aromatic heterocycles. The monoisotopic (exact) mass is 526 g/mol. The Kier molecular flexibility index (Phi) is 6.93. The van der Waals surface area contributed by atoms with E-state index in [1.165, 1.54) is 17.9 Å². The maximum atomic E-state index is 13.7. The predicted molar refractivity (Wildman–Crippen MR) is 145 cm³/mol. The van der Waals surface area contributed by atoms with E-state index in [1.807, 2.05) is 37.3 Å². The number of pyridine rings is 1. The SMILES string of the molecule is Cc1cc(-c2ccc(C(=O)N3CC(C)(F)C3)cc2)ccc1-c1nnc(CNC(=O)/C=C/c2ccc(N)nc2)o1. The van der Waals surface area contributed by atoms with E-state index in [0.29, 0.717) is 17.3 Å². The van der Waals surface area contributed by atoms with Crippen molar-refractivity contribution in [3.05, 3.63) is 89.5 Å². The van der Waals surface area contributed by atoms with E-state index in [9.17, 15) is 14.0 Å². The number of aryl methyl sites for hydroxylation is 1. The predicted octanol–water partition coefficient (Wildman–Crippen LogP) is 4.20. The average molecular weight is 527 g/mol. The first kappa shape index (κ1) is 25.8. The van der Waals surface area contributed by atoms with E-state index in [-0.39, 0.29) is 37.3 Å². The molecule has 1 fully saturated rings. The second-order valence-electron chi connectivity index (χ2n) is 9.75. The number of carbonyl (C=O) groups excluding carboxylic acids is 2. The molecule has 1 aliphatic rings. The highest BCUT2D eigenvalue weighted by atomic mass is 19.1. The van der Waals surface area contributed by atoms with E-state index in [4.69, 9.17) is 10.2 Å². The molecule has 4 aromatic rings. The van der Waals surface area contributed by atoms with Gasteiger partial charge in [0.2, 0.25) is 17.7 Å². The summed E-state index contributed by atoms with van der Waals surface area (Å²) < 4.78 is 19.5. The highest BCUT2D eigenvalue weighted by Gasteiger charge is 2.41. The molecule has 3 heterocycles. The number of hydrogen-bond acceptors (Lipinski definition) is 7. The molecule has 2 amide bonds. The van der Waals surface area contributed by atoms with Crippen molar-refractivity contribution in [3.63, 3.8) is 0 Å². The molecule has 39 heavy (non-hydrogen) atoms. The Bertz CT molecular complexity index is 1540. The third-order valence-electron chi connectivity index (χ3n) is 6.37. The minimum absolute atomic E-state index is 0.0837. The summed E-state index contributed by atoms with van der Waals surface area (Å²) in [6, 6.07) is 16.5.